The zero-order valence-corrected chi connectivity index (χ0v) is 11.0. The average molecular weight is 262 g/mol. The quantitative estimate of drug-likeness (QED) is 0.614. The van der Waals surface area contributed by atoms with Crippen LogP contribution in [0.3, 0.4) is 0 Å². The van der Waals surface area contributed by atoms with Crippen LogP contribution in [0.1, 0.15) is 13.8 Å². The van der Waals surface area contributed by atoms with Crippen LogP contribution in [-0.2, 0) is 0 Å². The van der Waals surface area contributed by atoms with E-state index in [1.54, 1.807) is 18.2 Å². The normalized spacial score (nSPS) is 11.7. The third-order valence-electron chi connectivity index (χ3n) is 2.89. The number of hydrogen-bond acceptors (Lipinski definition) is 5. The van der Waals surface area contributed by atoms with Gasteiger partial charge in [-0.1, -0.05) is 13.8 Å². The van der Waals surface area contributed by atoms with Gasteiger partial charge in [0.2, 0.25) is 5.95 Å². The monoisotopic (exact) mass is 262 g/mol. The lowest BCUT2D eigenvalue weighted by atomic mass is 9.95. The number of benzene rings is 1. The lowest BCUT2D eigenvalue weighted by molar-refractivity contribution is 0.170. The van der Waals surface area contributed by atoms with Crippen molar-refractivity contribution in [3.63, 3.8) is 0 Å². The molecule has 6 heteroatoms. The molecule has 0 spiro atoms. The Morgan fingerprint density at radius 2 is 2.21 bits per heavy atom. The molecule has 19 heavy (non-hydrogen) atoms. The molecule has 5 N–H and O–H groups in total. The largest absolute Gasteiger partial charge is 0.399 e. The van der Waals surface area contributed by atoms with E-state index >= 15 is 0 Å². The Kier molecular flexibility index (Phi) is 3.44. The number of aromatic amines is 1. The molecular formula is C13H18N4O2. The number of fused-ring (bicyclic) bond motifs is 1. The van der Waals surface area contributed by atoms with Gasteiger partial charge in [0.1, 0.15) is 0 Å². The summed E-state index contributed by atoms with van der Waals surface area (Å²) in [6.07, 6.45) is 0. The number of anilines is 2. The zero-order valence-electron chi connectivity index (χ0n) is 11.0. The van der Waals surface area contributed by atoms with Crippen molar-refractivity contribution < 1.29 is 5.11 Å². The highest BCUT2D eigenvalue weighted by Crippen LogP contribution is 2.16. The number of nitrogen functional groups attached to an aromatic ring is 1. The van der Waals surface area contributed by atoms with Crippen LogP contribution in [0, 0.1) is 5.41 Å². The predicted octanol–water partition coefficient (Wildman–Crippen LogP) is 0.936. The first-order chi connectivity index (χ1) is 8.91. The molecule has 1 aromatic heterocycles. The fourth-order valence-corrected chi connectivity index (χ4v) is 1.62. The number of nitrogens with zero attached hydrogens (tertiary/aromatic N) is 1. The summed E-state index contributed by atoms with van der Waals surface area (Å²) in [5.74, 6) is 0.392. The van der Waals surface area contributed by atoms with E-state index in [0.29, 0.717) is 29.1 Å². The van der Waals surface area contributed by atoms with Gasteiger partial charge in [-0.25, -0.2) is 4.98 Å². The first-order valence-corrected chi connectivity index (χ1v) is 6.05. The number of H-pyrrole nitrogens is 1. The maximum atomic E-state index is 11.9. The fraction of sp³-hybridized carbons (Fsp3) is 0.385. The van der Waals surface area contributed by atoms with Gasteiger partial charge in [0.25, 0.3) is 5.56 Å². The van der Waals surface area contributed by atoms with E-state index < -0.39 is 0 Å². The minimum Gasteiger partial charge on any atom is -0.399 e. The summed E-state index contributed by atoms with van der Waals surface area (Å²) >= 11 is 0. The molecule has 0 fully saturated rings. The Hall–Kier alpha value is -2.08. The van der Waals surface area contributed by atoms with Crippen LogP contribution in [0.4, 0.5) is 11.6 Å². The van der Waals surface area contributed by atoms with Crippen molar-refractivity contribution in [2.24, 2.45) is 5.41 Å². The maximum Gasteiger partial charge on any atom is 0.260 e. The molecule has 0 unspecified atom stereocenters. The van der Waals surface area contributed by atoms with E-state index in [2.05, 4.69) is 15.3 Å². The van der Waals surface area contributed by atoms with Crippen molar-refractivity contribution in [1.29, 1.82) is 0 Å². The zero-order chi connectivity index (χ0) is 14.0. The number of aromatic nitrogens is 2. The molecule has 1 heterocycles. The number of aliphatic hydroxyl groups is 1. The van der Waals surface area contributed by atoms with Crippen molar-refractivity contribution in [2.75, 3.05) is 24.2 Å². The molecule has 0 aliphatic carbocycles. The Labute approximate surface area is 110 Å². The maximum absolute atomic E-state index is 11.9. The van der Waals surface area contributed by atoms with E-state index in [0.717, 1.165) is 0 Å². The van der Waals surface area contributed by atoms with Gasteiger partial charge in [0, 0.05) is 24.3 Å². The SMILES string of the molecule is CC(C)(CO)CNc1nc2ccc(N)cc2c(=O)[nH]1. The Balaban J connectivity index is 2.31. The molecule has 0 saturated carbocycles. The molecule has 0 saturated heterocycles. The molecule has 0 aliphatic rings. The molecular weight excluding hydrogens is 244 g/mol. The molecule has 0 radical (unpaired) electrons. The van der Waals surface area contributed by atoms with Gasteiger partial charge < -0.3 is 16.2 Å². The fourth-order valence-electron chi connectivity index (χ4n) is 1.62. The summed E-state index contributed by atoms with van der Waals surface area (Å²) in [4.78, 5) is 18.9. The second-order valence-electron chi connectivity index (χ2n) is 5.37. The Morgan fingerprint density at radius 1 is 1.47 bits per heavy atom. The molecule has 102 valence electrons. The smallest absolute Gasteiger partial charge is 0.260 e. The van der Waals surface area contributed by atoms with Crippen LogP contribution in [0.2, 0.25) is 0 Å². The molecule has 0 bridgehead atoms. The number of rotatable bonds is 4. The van der Waals surface area contributed by atoms with Gasteiger partial charge in [0.15, 0.2) is 0 Å². The second kappa shape index (κ2) is 4.89. The van der Waals surface area contributed by atoms with E-state index in [-0.39, 0.29) is 17.6 Å². The number of aliphatic hydroxyl groups excluding tert-OH is 1. The van der Waals surface area contributed by atoms with E-state index in [9.17, 15) is 9.90 Å². The second-order valence-corrected chi connectivity index (χ2v) is 5.37. The van der Waals surface area contributed by atoms with Crippen LogP contribution in [-0.4, -0.2) is 28.2 Å². The lowest BCUT2D eigenvalue weighted by Crippen LogP contribution is -2.28. The van der Waals surface area contributed by atoms with Crippen LogP contribution in [0.25, 0.3) is 10.9 Å². The molecule has 1 aromatic carbocycles. The summed E-state index contributed by atoms with van der Waals surface area (Å²) < 4.78 is 0. The van der Waals surface area contributed by atoms with Crippen molar-refractivity contribution >= 4 is 22.5 Å². The van der Waals surface area contributed by atoms with E-state index in [1.807, 2.05) is 13.8 Å². The van der Waals surface area contributed by atoms with Gasteiger partial charge in [0.05, 0.1) is 10.9 Å². The highest BCUT2D eigenvalue weighted by atomic mass is 16.3. The standard InChI is InChI=1S/C13H18N4O2/c1-13(2,7-18)6-15-12-16-10-4-3-8(14)5-9(10)11(19)17-12/h3-5,18H,6-7,14H2,1-2H3,(H2,15,16,17,19). The van der Waals surface area contributed by atoms with Gasteiger partial charge in [-0.3, -0.25) is 9.78 Å². The third kappa shape index (κ3) is 3.03. The minimum absolute atomic E-state index is 0.0499. The molecule has 2 aromatic rings. The van der Waals surface area contributed by atoms with Crippen molar-refractivity contribution in [3.05, 3.63) is 28.6 Å². The summed E-state index contributed by atoms with van der Waals surface area (Å²) in [5.41, 5.74) is 6.24. The Bertz CT molecular complexity index is 649. The topological polar surface area (TPSA) is 104 Å². The van der Waals surface area contributed by atoms with Crippen LogP contribution in [0.15, 0.2) is 23.0 Å². The van der Waals surface area contributed by atoms with E-state index in [4.69, 9.17) is 5.73 Å². The molecule has 2 rings (SSSR count). The van der Waals surface area contributed by atoms with Gasteiger partial charge in [-0.15, -0.1) is 0 Å². The van der Waals surface area contributed by atoms with Crippen molar-refractivity contribution in [2.45, 2.75) is 13.8 Å². The summed E-state index contributed by atoms with van der Waals surface area (Å²) in [6, 6.07) is 5.01. The highest BCUT2D eigenvalue weighted by Gasteiger charge is 2.16. The minimum atomic E-state index is -0.283. The van der Waals surface area contributed by atoms with Crippen molar-refractivity contribution in [3.8, 4) is 0 Å². The van der Waals surface area contributed by atoms with E-state index in [1.165, 1.54) is 0 Å². The van der Waals surface area contributed by atoms with Crippen molar-refractivity contribution in [1.82, 2.24) is 9.97 Å². The first kappa shape index (κ1) is 13.4. The molecule has 0 aliphatic heterocycles. The molecule has 6 nitrogen and oxygen atoms in total. The average Bonchev–Trinajstić information content (AvgIpc) is 2.37. The van der Waals surface area contributed by atoms with Gasteiger partial charge >= 0.3 is 0 Å². The number of nitrogens with two attached hydrogens (primary N) is 1. The number of hydrogen-bond donors (Lipinski definition) is 4. The highest BCUT2D eigenvalue weighted by molar-refractivity contribution is 5.81. The van der Waals surface area contributed by atoms with Crippen LogP contribution >= 0.6 is 0 Å². The Morgan fingerprint density at radius 3 is 2.89 bits per heavy atom. The summed E-state index contributed by atoms with van der Waals surface area (Å²) in [5, 5.41) is 12.7. The number of nitrogens with one attached hydrogen (secondary N) is 2. The third-order valence-corrected chi connectivity index (χ3v) is 2.89. The van der Waals surface area contributed by atoms with Crippen LogP contribution in [0.5, 0.6) is 0 Å². The first-order valence-electron chi connectivity index (χ1n) is 6.05. The van der Waals surface area contributed by atoms with Gasteiger partial charge in [-0.05, 0) is 18.2 Å². The van der Waals surface area contributed by atoms with Crippen LogP contribution < -0.4 is 16.6 Å². The molecule has 0 atom stereocenters. The molecule has 0 amide bonds. The summed E-state index contributed by atoms with van der Waals surface area (Å²) in [6.45, 7) is 4.39. The lowest BCUT2D eigenvalue weighted by Gasteiger charge is -2.21. The van der Waals surface area contributed by atoms with Gasteiger partial charge in [-0.2, -0.15) is 0 Å². The summed E-state index contributed by atoms with van der Waals surface area (Å²) in [7, 11) is 0. The predicted molar refractivity (Wildman–Crippen MR) is 76.1 cm³/mol.